The molecule has 2 atom stereocenters. The van der Waals surface area contributed by atoms with Crippen LogP contribution in [0.5, 0.6) is 5.75 Å². The Hall–Kier alpha value is -0.970. The molecule has 0 bridgehead atoms. The lowest BCUT2D eigenvalue weighted by atomic mass is 10.1. The number of alkyl halides is 1. The van der Waals surface area contributed by atoms with E-state index >= 15 is 0 Å². The first-order valence-electron chi connectivity index (χ1n) is 3.93. The number of carboxylic acid groups (broad SMARTS) is 1. The molecule has 6 heteroatoms. The van der Waals surface area contributed by atoms with Crippen LogP contribution in [0.3, 0.4) is 0 Å². The minimum Gasteiger partial charge on any atom is -0.508 e. The van der Waals surface area contributed by atoms with Crippen molar-refractivity contribution in [1.82, 2.24) is 0 Å². The number of carbonyl (C=O) groups is 1. The largest absolute Gasteiger partial charge is 0.508 e. The van der Waals surface area contributed by atoms with Crippen molar-refractivity contribution in [2.45, 2.75) is 11.4 Å². The van der Waals surface area contributed by atoms with Crippen LogP contribution in [0.15, 0.2) is 24.3 Å². The predicted octanol–water partition coefficient (Wildman–Crippen LogP) is 1.51. The van der Waals surface area contributed by atoms with E-state index in [1.54, 1.807) is 0 Å². The Morgan fingerprint density at radius 2 is 1.80 bits per heavy atom. The molecule has 0 aliphatic carbocycles. The van der Waals surface area contributed by atoms with Gasteiger partial charge >= 0.3 is 5.97 Å². The molecule has 84 valence electrons. The third-order valence-electron chi connectivity index (χ3n) is 1.81. The number of nitrogens with two attached hydrogens (primary N) is 1. The summed E-state index contributed by atoms with van der Waals surface area (Å²) < 4.78 is 0. The number of aromatic hydroxyl groups is 1. The van der Waals surface area contributed by atoms with E-state index in [0.717, 1.165) is 0 Å². The van der Waals surface area contributed by atoms with Gasteiger partial charge in [0.25, 0.3) is 0 Å². The van der Waals surface area contributed by atoms with Crippen molar-refractivity contribution in [3.8, 4) is 5.75 Å². The number of benzene rings is 1. The smallest absolute Gasteiger partial charge is 0.322 e. The van der Waals surface area contributed by atoms with E-state index in [0.29, 0.717) is 5.56 Å². The van der Waals surface area contributed by atoms with Crippen molar-refractivity contribution in [3.05, 3.63) is 29.8 Å². The first kappa shape index (κ1) is 14.0. The topological polar surface area (TPSA) is 83.6 Å². The SMILES string of the molecule is Cl.N[C@H](C(=O)O)C(Cl)c1ccc(O)cc1. The number of phenols is 1. The van der Waals surface area contributed by atoms with Crippen molar-refractivity contribution in [2.75, 3.05) is 0 Å². The van der Waals surface area contributed by atoms with E-state index in [9.17, 15) is 4.79 Å². The Bertz CT molecular complexity index is 329. The normalized spacial score (nSPS) is 13.7. The van der Waals surface area contributed by atoms with Gasteiger partial charge in [-0.15, -0.1) is 24.0 Å². The molecular weight excluding hydrogens is 241 g/mol. The Morgan fingerprint density at radius 3 is 2.20 bits per heavy atom. The molecule has 0 fully saturated rings. The number of rotatable bonds is 3. The van der Waals surface area contributed by atoms with E-state index in [1.807, 2.05) is 0 Å². The summed E-state index contributed by atoms with van der Waals surface area (Å²) in [6.07, 6.45) is 0. The van der Waals surface area contributed by atoms with Gasteiger partial charge in [-0.3, -0.25) is 4.79 Å². The van der Waals surface area contributed by atoms with Gasteiger partial charge in [0.1, 0.15) is 11.8 Å². The maximum atomic E-state index is 10.5. The van der Waals surface area contributed by atoms with Crippen LogP contribution in [-0.4, -0.2) is 22.2 Å². The van der Waals surface area contributed by atoms with Gasteiger partial charge in [0, 0.05) is 0 Å². The summed E-state index contributed by atoms with van der Waals surface area (Å²) in [5.41, 5.74) is 5.90. The quantitative estimate of drug-likeness (QED) is 0.712. The molecule has 1 unspecified atom stereocenters. The summed E-state index contributed by atoms with van der Waals surface area (Å²) in [4.78, 5) is 10.5. The van der Waals surface area contributed by atoms with Crippen LogP contribution in [0.2, 0.25) is 0 Å². The van der Waals surface area contributed by atoms with Gasteiger partial charge in [0.2, 0.25) is 0 Å². The van der Waals surface area contributed by atoms with Crippen LogP contribution in [0.25, 0.3) is 0 Å². The van der Waals surface area contributed by atoms with Crippen LogP contribution in [0, 0.1) is 0 Å². The number of hydrogen-bond donors (Lipinski definition) is 3. The van der Waals surface area contributed by atoms with Gasteiger partial charge < -0.3 is 15.9 Å². The summed E-state index contributed by atoms with van der Waals surface area (Å²) in [6, 6.07) is 4.78. The average molecular weight is 252 g/mol. The molecule has 0 aliphatic rings. The lowest BCUT2D eigenvalue weighted by Crippen LogP contribution is -2.34. The zero-order valence-corrected chi connectivity index (χ0v) is 9.20. The van der Waals surface area contributed by atoms with Crippen LogP contribution in [-0.2, 0) is 4.79 Å². The zero-order valence-electron chi connectivity index (χ0n) is 7.63. The van der Waals surface area contributed by atoms with Crippen LogP contribution >= 0.6 is 24.0 Å². The third kappa shape index (κ3) is 3.58. The Kier molecular flexibility index (Phi) is 5.43. The Balaban J connectivity index is 0.00000196. The van der Waals surface area contributed by atoms with E-state index in [-0.39, 0.29) is 18.2 Å². The molecule has 1 aromatic carbocycles. The second-order valence-corrected chi connectivity index (χ2v) is 3.33. The van der Waals surface area contributed by atoms with Crippen molar-refractivity contribution in [1.29, 1.82) is 0 Å². The van der Waals surface area contributed by atoms with Gasteiger partial charge in [-0.05, 0) is 17.7 Å². The Morgan fingerprint density at radius 1 is 1.33 bits per heavy atom. The van der Waals surface area contributed by atoms with Crippen molar-refractivity contribution < 1.29 is 15.0 Å². The second kappa shape index (κ2) is 5.80. The highest BCUT2D eigenvalue weighted by Crippen LogP contribution is 2.24. The number of carboxylic acids is 1. The molecule has 0 aliphatic heterocycles. The fourth-order valence-corrected chi connectivity index (χ4v) is 1.24. The fourth-order valence-electron chi connectivity index (χ4n) is 0.991. The molecule has 4 N–H and O–H groups in total. The average Bonchev–Trinajstić information content (AvgIpc) is 2.16. The van der Waals surface area contributed by atoms with Gasteiger partial charge in [-0.2, -0.15) is 0 Å². The van der Waals surface area contributed by atoms with Crippen molar-refractivity contribution >= 4 is 30.0 Å². The third-order valence-corrected chi connectivity index (χ3v) is 2.34. The molecule has 4 nitrogen and oxygen atoms in total. The number of hydrogen-bond acceptors (Lipinski definition) is 3. The lowest BCUT2D eigenvalue weighted by molar-refractivity contribution is -0.138. The molecule has 0 heterocycles. The molecule has 1 rings (SSSR count). The van der Waals surface area contributed by atoms with Gasteiger partial charge in [-0.1, -0.05) is 12.1 Å². The van der Waals surface area contributed by atoms with Gasteiger partial charge in [-0.25, -0.2) is 0 Å². The summed E-state index contributed by atoms with van der Waals surface area (Å²) >= 11 is 5.82. The minimum atomic E-state index is -1.15. The first-order chi connectivity index (χ1) is 6.52. The lowest BCUT2D eigenvalue weighted by Gasteiger charge is -2.13. The van der Waals surface area contributed by atoms with Gasteiger partial charge in [0.05, 0.1) is 5.38 Å². The number of halogens is 2. The molecule has 0 spiro atoms. The standard InChI is InChI=1S/C9H10ClNO3.ClH/c10-7(8(11)9(13)14)5-1-3-6(12)4-2-5;/h1-4,7-8,12H,11H2,(H,13,14);1H/t7?,8-;/m0./s1. The molecule has 0 saturated carbocycles. The van der Waals surface area contributed by atoms with Crippen LogP contribution in [0.1, 0.15) is 10.9 Å². The highest BCUT2D eigenvalue weighted by atomic mass is 35.5. The molecule has 0 aromatic heterocycles. The van der Waals surface area contributed by atoms with Crippen molar-refractivity contribution in [3.63, 3.8) is 0 Å². The molecule has 0 saturated heterocycles. The van der Waals surface area contributed by atoms with Crippen molar-refractivity contribution in [2.24, 2.45) is 5.73 Å². The van der Waals surface area contributed by atoms with Gasteiger partial charge in [0.15, 0.2) is 0 Å². The summed E-state index contributed by atoms with van der Waals surface area (Å²) in [5, 5.41) is 16.8. The highest BCUT2D eigenvalue weighted by Gasteiger charge is 2.23. The first-order valence-corrected chi connectivity index (χ1v) is 4.37. The summed E-state index contributed by atoms with van der Waals surface area (Å²) in [6.45, 7) is 0. The fraction of sp³-hybridized carbons (Fsp3) is 0.222. The molecule has 0 amide bonds. The number of aliphatic carboxylic acids is 1. The molecule has 15 heavy (non-hydrogen) atoms. The molecule has 0 radical (unpaired) electrons. The highest BCUT2D eigenvalue weighted by molar-refractivity contribution is 6.22. The van der Waals surface area contributed by atoms with Crippen LogP contribution in [0.4, 0.5) is 0 Å². The van der Waals surface area contributed by atoms with E-state index in [4.69, 9.17) is 27.5 Å². The summed E-state index contributed by atoms with van der Waals surface area (Å²) in [5.74, 6) is -1.06. The maximum absolute atomic E-state index is 10.5. The molecular formula is C9H11Cl2NO3. The zero-order chi connectivity index (χ0) is 10.7. The van der Waals surface area contributed by atoms with E-state index in [1.165, 1.54) is 24.3 Å². The monoisotopic (exact) mass is 251 g/mol. The molecule has 1 aromatic rings. The summed E-state index contributed by atoms with van der Waals surface area (Å²) in [7, 11) is 0. The second-order valence-electron chi connectivity index (χ2n) is 2.86. The minimum absolute atomic E-state index is 0. The predicted molar refractivity (Wildman–Crippen MR) is 59.6 cm³/mol. The van der Waals surface area contributed by atoms with E-state index < -0.39 is 17.4 Å². The maximum Gasteiger partial charge on any atom is 0.322 e. The van der Waals surface area contributed by atoms with Crippen LogP contribution < -0.4 is 5.73 Å². The number of phenolic OH excluding ortho intramolecular Hbond substituents is 1. The van der Waals surface area contributed by atoms with E-state index in [2.05, 4.69) is 0 Å². The Labute approximate surface area is 98.1 Å².